The minimum absolute atomic E-state index is 0.400. The average molecular weight is 475 g/mol. The van der Waals surface area contributed by atoms with Crippen LogP contribution in [0.4, 0.5) is 27.6 Å². The number of nitrogens with zero attached hydrogens (tertiary/aromatic N) is 2. The molecule has 4 aromatic rings. The van der Waals surface area contributed by atoms with E-state index in [2.05, 4.69) is 15.4 Å². The van der Waals surface area contributed by atoms with Gasteiger partial charge in [-0.05, 0) is 42.0 Å². The van der Waals surface area contributed by atoms with Crippen LogP contribution >= 0.6 is 0 Å². The molecule has 1 aliphatic carbocycles. The van der Waals surface area contributed by atoms with Crippen LogP contribution in [-0.4, -0.2) is 32.1 Å². The van der Waals surface area contributed by atoms with Gasteiger partial charge in [-0.1, -0.05) is 6.07 Å². The Hall–Kier alpha value is -3.73. The molecule has 34 heavy (non-hydrogen) atoms. The summed E-state index contributed by atoms with van der Waals surface area (Å²) in [5, 5.41) is 7.50. The van der Waals surface area contributed by atoms with Gasteiger partial charge in [-0.3, -0.25) is 4.79 Å². The largest absolute Gasteiger partial charge is 0.416 e. The highest BCUT2D eigenvalue weighted by Gasteiger charge is 2.58. The van der Waals surface area contributed by atoms with Gasteiger partial charge in [-0.25, -0.2) is 13.5 Å². The van der Waals surface area contributed by atoms with Crippen LogP contribution in [0.3, 0.4) is 0 Å². The Morgan fingerprint density at radius 3 is 2.44 bits per heavy atom. The van der Waals surface area contributed by atoms with E-state index in [1.54, 1.807) is 30.7 Å². The standard InChI is InChI=1S/C23H18F5N5O/c24-22(25)11-21(29,12-22)20(34)32-19-9-30-18-6-1-13(7-17(18)19)14-8-31-33(10-14)16-4-2-15(3-5-16)23(26,27)28/h1-10,30H,11-12,29H2,(H,32,34). The van der Waals surface area contributed by atoms with Gasteiger partial charge >= 0.3 is 6.18 Å². The minimum atomic E-state index is -4.42. The molecule has 5 rings (SSSR count). The van der Waals surface area contributed by atoms with Gasteiger partial charge in [0.2, 0.25) is 5.91 Å². The zero-order valence-corrected chi connectivity index (χ0v) is 17.5. The van der Waals surface area contributed by atoms with E-state index in [1.807, 2.05) is 6.07 Å². The second-order valence-corrected chi connectivity index (χ2v) is 8.50. The first-order chi connectivity index (χ1) is 15.9. The third-order valence-corrected chi connectivity index (χ3v) is 5.91. The SMILES string of the molecule is NC1(C(=O)Nc2c[nH]c3ccc(-c4cnn(-c5ccc(C(F)(F)F)cc5)c4)cc23)CC(F)(F)C1. The van der Waals surface area contributed by atoms with Crippen molar-refractivity contribution >= 4 is 22.5 Å². The van der Waals surface area contributed by atoms with E-state index in [-0.39, 0.29) is 0 Å². The van der Waals surface area contributed by atoms with Gasteiger partial charge in [0.1, 0.15) is 5.54 Å². The maximum Gasteiger partial charge on any atom is 0.416 e. The van der Waals surface area contributed by atoms with Crippen LogP contribution in [0, 0.1) is 0 Å². The molecule has 0 radical (unpaired) electrons. The Labute approximate surface area is 189 Å². The van der Waals surface area contributed by atoms with Crippen molar-refractivity contribution in [2.45, 2.75) is 30.5 Å². The molecule has 2 aromatic carbocycles. The molecule has 0 bridgehead atoms. The number of nitrogens with two attached hydrogens (primary N) is 1. The van der Waals surface area contributed by atoms with Crippen molar-refractivity contribution in [2.24, 2.45) is 5.73 Å². The monoisotopic (exact) mass is 475 g/mol. The van der Waals surface area contributed by atoms with Crippen molar-refractivity contribution < 1.29 is 26.7 Å². The molecule has 1 aliphatic rings. The van der Waals surface area contributed by atoms with Gasteiger partial charge < -0.3 is 16.0 Å². The summed E-state index contributed by atoms with van der Waals surface area (Å²) in [6, 6.07) is 10.0. The van der Waals surface area contributed by atoms with Gasteiger partial charge in [-0.15, -0.1) is 0 Å². The Bertz CT molecular complexity index is 1380. The summed E-state index contributed by atoms with van der Waals surface area (Å²) in [6.07, 6.45) is -1.05. The van der Waals surface area contributed by atoms with Gasteiger partial charge in [-0.2, -0.15) is 18.3 Å². The third-order valence-electron chi connectivity index (χ3n) is 5.91. The zero-order valence-electron chi connectivity index (χ0n) is 17.5. The number of benzene rings is 2. The third kappa shape index (κ3) is 3.92. The molecule has 0 aliphatic heterocycles. The number of alkyl halides is 5. The molecule has 2 heterocycles. The zero-order chi connectivity index (χ0) is 24.3. The summed E-state index contributed by atoms with van der Waals surface area (Å²) >= 11 is 0. The molecule has 176 valence electrons. The Morgan fingerprint density at radius 2 is 1.79 bits per heavy atom. The highest BCUT2D eigenvalue weighted by molar-refractivity contribution is 6.06. The van der Waals surface area contributed by atoms with E-state index in [9.17, 15) is 26.7 Å². The summed E-state index contributed by atoms with van der Waals surface area (Å²) in [4.78, 5) is 15.5. The maximum absolute atomic E-state index is 13.2. The van der Waals surface area contributed by atoms with E-state index >= 15 is 0 Å². The lowest BCUT2D eigenvalue weighted by atomic mass is 9.73. The van der Waals surface area contributed by atoms with Crippen molar-refractivity contribution in [3.8, 4) is 16.8 Å². The van der Waals surface area contributed by atoms with Crippen LogP contribution in [0.2, 0.25) is 0 Å². The smallest absolute Gasteiger partial charge is 0.359 e. The topological polar surface area (TPSA) is 88.7 Å². The molecule has 1 amide bonds. The quantitative estimate of drug-likeness (QED) is 0.359. The Balaban J connectivity index is 1.39. The molecule has 6 nitrogen and oxygen atoms in total. The van der Waals surface area contributed by atoms with E-state index in [4.69, 9.17) is 5.73 Å². The van der Waals surface area contributed by atoms with Crippen LogP contribution in [-0.2, 0) is 11.0 Å². The minimum Gasteiger partial charge on any atom is -0.359 e. The fourth-order valence-corrected chi connectivity index (χ4v) is 4.10. The van der Waals surface area contributed by atoms with Gasteiger partial charge in [0, 0.05) is 41.7 Å². The fraction of sp³-hybridized carbons (Fsp3) is 0.217. The molecule has 1 saturated carbocycles. The predicted octanol–water partition coefficient (Wildman–Crippen LogP) is 5.10. The summed E-state index contributed by atoms with van der Waals surface area (Å²) in [6.45, 7) is 0. The van der Waals surface area contributed by atoms with Gasteiger partial charge in [0.15, 0.2) is 0 Å². The number of H-pyrrole nitrogens is 1. The number of carbonyl (C=O) groups excluding carboxylic acids is 1. The fourth-order valence-electron chi connectivity index (χ4n) is 4.10. The maximum atomic E-state index is 13.2. The molecule has 0 unspecified atom stereocenters. The van der Waals surface area contributed by atoms with Crippen LogP contribution < -0.4 is 11.1 Å². The van der Waals surface area contributed by atoms with Crippen LogP contribution in [0.5, 0.6) is 0 Å². The Kier molecular flexibility index (Phi) is 4.80. The number of amides is 1. The summed E-state index contributed by atoms with van der Waals surface area (Å²) < 4.78 is 66.3. The highest BCUT2D eigenvalue weighted by atomic mass is 19.4. The molecule has 0 atom stereocenters. The Morgan fingerprint density at radius 1 is 1.09 bits per heavy atom. The first-order valence-electron chi connectivity index (χ1n) is 10.3. The number of carbonyl (C=O) groups is 1. The average Bonchev–Trinajstić information content (AvgIpc) is 3.39. The molecule has 4 N–H and O–H groups in total. The molecular formula is C23H18F5N5O. The van der Waals surface area contributed by atoms with Gasteiger partial charge in [0.05, 0.1) is 23.1 Å². The normalized spacial score (nSPS) is 16.9. The van der Waals surface area contributed by atoms with Crippen molar-refractivity contribution in [1.82, 2.24) is 14.8 Å². The lowest BCUT2D eigenvalue weighted by molar-refractivity contribution is -0.151. The lowest BCUT2D eigenvalue weighted by Crippen LogP contribution is -2.64. The molecule has 11 heteroatoms. The molecule has 0 spiro atoms. The summed E-state index contributed by atoms with van der Waals surface area (Å²) in [5.41, 5.74) is 6.44. The second-order valence-electron chi connectivity index (χ2n) is 8.50. The van der Waals surface area contributed by atoms with Crippen LogP contribution in [0.1, 0.15) is 18.4 Å². The highest BCUT2D eigenvalue weighted by Crippen LogP contribution is 2.44. The molecule has 0 saturated heterocycles. The van der Waals surface area contributed by atoms with E-state index in [1.165, 1.54) is 16.8 Å². The number of aromatic amines is 1. The summed E-state index contributed by atoms with van der Waals surface area (Å²) in [7, 11) is 0. The van der Waals surface area contributed by atoms with E-state index in [0.717, 1.165) is 17.7 Å². The molecule has 1 fully saturated rings. The number of hydrogen-bond acceptors (Lipinski definition) is 3. The lowest BCUT2D eigenvalue weighted by Gasteiger charge is -2.42. The number of aromatic nitrogens is 3. The number of nitrogens with one attached hydrogen (secondary N) is 2. The predicted molar refractivity (Wildman–Crippen MR) is 116 cm³/mol. The number of anilines is 1. The first-order valence-corrected chi connectivity index (χ1v) is 10.3. The first kappa shape index (κ1) is 22.1. The molecular weight excluding hydrogens is 457 g/mol. The molecule has 2 aromatic heterocycles. The number of hydrogen-bond donors (Lipinski definition) is 3. The van der Waals surface area contributed by atoms with E-state index < -0.39 is 42.0 Å². The second kappa shape index (κ2) is 7.39. The van der Waals surface area contributed by atoms with Gasteiger partial charge in [0.25, 0.3) is 5.92 Å². The number of fused-ring (bicyclic) bond motifs is 1. The number of halogens is 5. The van der Waals surface area contributed by atoms with Crippen molar-refractivity contribution in [3.05, 3.63) is 66.6 Å². The van der Waals surface area contributed by atoms with Crippen molar-refractivity contribution in [3.63, 3.8) is 0 Å². The van der Waals surface area contributed by atoms with E-state index in [0.29, 0.717) is 27.8 Å². The summed E-state index contributed by atoms with van der Waals surface area (Å²) in [5.74, 6) is -3.62. The van der Waals surface area contributed by atoms with Crippen LogP contribution in [0.25, 0.3) is 27.7 Å². The number of rotatable bonds is 4. The van der Waals surface area contributed by atoms with Crippen LogP contribution in [0.15, 0.2) is 61.1 Å². The van der Waals surface area contributed by atoms with Crippen molar-refractivity contribution in [2.75, 3.05) is 5.32 Å². The van der Waals surface area contributed by atoms with Crippen molar-refractivity contribution in [1.29, 1.82) is 0 Å².